The highest BCUT2D eigenvalue weighted by Gasteiger charge is 2.42. The third-order valence-electron chi connectivity index (χ3n) is 4.36. The van der Waals surface area contributed by atoms with Crippen LogP contribution in [0.25, 0.3) is 0 Å². The van der Waals surface area contributed by atoms with E-state index in [-0.39, 0.29) is 0 Å². The summed E-state index contributed by atoms with van der Waals surface area (Å²) in [5, 5.41) is 0. The Morgan fingerprint density at radius 3 is 2.43 bits per heavy atom. The molecule has 0 saturated heterocycles. The fourth-order valence-electron chi connectivity index (χ4n) is 3.70. The van der Waals surface area contributed by atoms with Crippen LogP contribution in [0.5, 0.6) is 0 Å². The Hall–Kier alpha value is -0.590. The first-order chi connectivity index (χ1) is 6.88. The minimum atomic E-state index is 0.423. The smallest absolute Gasteiger partial charge is 0.162 e. The van der Waals surface area contributed by atoms with Crippen molar-refractivity contribution in [2.75, 3.05) is 0 Å². The predicted molar refractivity (Wildman–Crippen MR) is 55.9 cm³/mol. The van der Waals surface area contributed by atoms with Gasteiger partial charge in [0.15, 0.2) is 5.78 Å². The standard InChI is InChI=1S/C13H18O/c14-13-11-7-3-1-5-9(11)10-6-2-4-8-12(10)13/h9,11H,1-8H2/t9-,11-/m1/s1. The van der Waals surface area contributed by atoms with Crippen molar-refractivity contribution in [2.24, 2.45) is 11.8 Å². The lowest BCUT2D eigenvalue weighted by Gasteiger charge is -2.26. The van der Waals surface area contributed by atoms with Crippen LogP contribution in [0.15, 0.2) is 11.1 Å². The van der Waals surface area contributed by atoms with Crippen molar-refractivity contribution in [3.05, 3.63) is 11.1 Å². The minimum absolute atomic E-state index is 0.423. The SMILES string of the molecule is O=C1C2=C(CCCC2)[C@H]2CCCC[C@@H]12. The number of rotatable bonds is 0. The van der Waals surface area contributed by atoms with Crippen molar-refractivity contribution in [1.82, 2.24) is 0 Å². The van der Waals surface area contributed by atoms with Gasteiger partial charge < -0.3 is 0 Å². The molecule has 0 N–H and O–H groups in total. The van der Waals surface area contributed by atoms with Crippen molar-refractivity contribution < 1.29 is 4.79 Å². The van der Waals surface area contributed by atoms with Crippen LogP contribution in [0.1, 0.15) is 51.4 Å². The lowest BCUT2D eigenvalue weighted by molar-refractivity contribution is -0.120. The normalized spacial score (nSPS) is 37.0. The molecule has 0 aromatic carbocycles. The third kappa shape index (κ3) is 1.11. The van der Waals surface area contributed by atoms with Crippen LogP contribution in [0.4, 0.5) is 0 Å². The van der Waals surface area contributed by atoms with E-state index in [0.717, 1.165) is 6.42 Å². The lowest BCUT2D eigenvalue weighted by atomic mass is 9.77. The monoisotopic (exact) mass is 190 g/mol. The maximum atomic E-state index is 12.1. The number of carbonyl (C=O) groups is 1. The summed E-state index contributed by atoms with van der Waals surface area (Å²) in [7, 11) is 0. The summed E-state index contributed by atoms with van der Waals surface area (Å²) in [6, 6.07) is 0. The van der Waals surface area contributed by atoms with Crippen LogP contribution in [-0.4, -0.2) is 5.78 Å². The Labute approximate surface area is 85.6 Å². The molecular formula is C13H18O. The highest BCUT2D eigenvalue weighted by atomic mass is 16.1. The summed E-state index contributed by atoms with van der Waals surface area (Å²) in [4.78, 5) is 12.1. The van der Waals surface area contributed by atoms with Gasteiger partial charge in [-0.1, -0.05) is 18.4 Å². The zero-order valence-electron chi connectivity index (χ0n) is 8.72. The van der Waals surface area contributed by atoms with Gasteiger partial charge in [0.05, 0.1) is 0 Å². The second-order valence-electron chi connectivity index (χ2n) is 5.07. The Kier molecular flexibility index (Phi) is 2.00. The Morgan fingerprint density at radius 2 is 1.57 bits per heavy atom. The van der Waals surface area contributed by atoms with E-state index < -0.39 is 0 Å². The summed E-state index contributed by atoms with van der Waals surface area (Å²) in [5.74, 6) is 1.66. The van der Waals surface area contributed by atoms with E-state index >= 15 is 0 Å². The molecule has 3 aliphatic carbocycles. The number of hydrogen-bond acceptors (Lipinski definition) is 1. The summed E-state index contributed by atoms with van der Waals surface area (Å²) in [5.41, 5.74) is 2.86. The van der Waals surface area contributed by atoms with E-state index in [1.165, 1.54) is 50.5 Å². The molecule has 3 aliphatic rings. The molecule has 0 aromatic heterocycles. The van der Waals surface area contributed by atoms with Gasteiger partial charge in [0.1, 0.15) is 0 Å². The fraction of sp³-hybridized carbons (Fsp3) is 0.769. The summed E-state index contributed by atoms with van der Waals surface area (Å²) in [6.07, 6.45) is 10.0. The molecule has 0 heterocycles. The first-order valence-electron chi connectivity index (χ1n) is 6.14. The van der Waals surface area contributed by atoms with Gasteiger partial charge in [0.2, 0.25) is 0 Å². The van der Waals surface area contributed by atoms with Crippen LogP contribution >= 0.6 is 0 Å². The van der Waals surface area contributed by atoms with Crippen LogP contribution < -0.4 is 0 Å². The van der Waals surface area contributed by atoms with Gasteiger partial charge in [-0.25, -0.2) is 0 Å². The van der Waals surface area contributed by atoms with E-state index in [0.29, 0.717) is 17.6 Å². The first kappa shape index (κ1) is 8.70. The number of fused-ring (bicyclic) bond motifs is 2. The molecular weight excluding hydrogens is 172 g/mol. The van der Waals surface area contributed by atoms with Gasteiger partial charge in [-0.05, 0) is 50.0 Å². The zero-order chi connectivity index (χ0) is 9.54. The van der Waals surface area contributed by atoms with Gasteiger partial charge in [0, 0.05) is 5.92 Å². The molecule has 0 bridgehead atoms. The average molecular weight is 190 g/mol. The molecule has 1 nitrogen and oxygen atoms in total. The van der Waals surface area contributed by atoms with Gasteiger partial charge in [0.25, 0.3) is 0 Å². The summed E-state index contributed by atoms with van der Waals surface area (Å²) < 4.78 is 0. The minimum Gasteiger partial charge on any atom is -0.294 e. The van der Waals surface area contributed by atoms with Gasteiger partial charge >= 0.3 is 0 Å². The van der Waals surface area contributed by atoms with E-state index in [9.17, 15) is 4.79 Å². The molecule has 3 rings (SSSR count). The number of carbonyl (C=O) groups excluding carboxylic acids is 1. The molecule has 0 spiro atoms. The van der Waals surface area contributed by atoms with E-state index in [4.69, 9.17) is 0 Å². The van der Waals surface area contributed by atoms with Crippen LogP contribution in [0.3, 0.4) is 0 Å². The molecule has 0 unspecified atom stereocenters. The Bertz CT molecular complexity index is 300. The number of hydrogen-bond donors (Lipinski definition) is 0. The van der Waals surface area contributed by atoms with Crippen LogP contribution in [-0.2, 0) is 4.79 Å². The first-order valence-corrected chi connectivity index (χ1v) is 6.14. The maximum absolute atomic E-state index is 12.1. The average Bonchev–Trinajstić information content (AvgIpc) is 2.55. The maximum Gasteiger partial charge on any atom is 0.162 e. The molecule has 2 atom stereocenters. The highest BCUT2D eigenvalue weighted by molar-refractivity contribution is 6.01. The van der Waals surface area contributed by atoms with Gasteiger partial charge in [-0.15, -0.1) is 0 Å². The van der Waals surface area contributed by atoms with E-state index in [1.807, 2.05) is 0 Å². The zero-order valence-corrected chi connectivity index (χ0v) is 8.72. The molecule has 1 saturated carbocycles. The Morgan fingerprint density at radius 1 is 0.857 bits per heavy atom. The molecule has 0 aromatic rings. The fourth-order valence-corrected chi connectivity index (χ4v) is 3.70. The van der Waals surface area contributed by atoms with E-state index in [2.05, 4.69) is 0 Å². The summed E-state index contributed by atoms with van der Waals surface area (Å²) >= 11 is 0. The molecule has 14 heavy (non-hydrogen) atoms. The largest absolute Gasteiger partial charge is 0.294 e. The van der Waals surface area contributed by atoms with Crippen LogP contribution in [0, 0.1) is 11.8 Å². The molecule has 0 aliphatic heterocycles. The number of allylic oxidation sites excluding steroid dienone is 2. The predicted octanol–water partition coefficient (Wildman–Crippen LogP) is 3.25. The highest BCUT2D eigenvalue weighted by Crippen LogP contribution is 2.48. The van der Waals surface area contributed by atoms with Crippen molar-refractivity contribution in [3.8, 4) is 0 Å². The van der Waals surface area contributed by atoms with Gasteiger partial charge in [-0.3, -0.25) is 4.79 Å². The topological polar surface area (TPSA) is 17.1 Å². The van der Waals surface area contributed by atoms with Crippen molar-refractivity contribution >= 4 is 5.78 Å². The lowest BCUT2D eigenvalue weighted by Crippen LogP contribution is -2.21. The van der Waals surface area contributed by atoms with Crippen molar-refractivity contribution in [3.63, 3.8) is 0 Å². The summed E-state index contributed by atoms with van der Waals surface area (Å²) in [6.45, 7) is 0. The van der Waals surface area contributed by atoms with Crippen LogP contribution in [0.2, 0.25) is 0 Å². The Balaban J connectivity index is 1.96. The quantitative estimate of drug-likeness (QED) is 0.573. The molecule has 0 amide bonds. The third-order valence-corrected chi connectivity index (χ3v) is 4.36. The van der Waals surface area contributed by atoms with Crippen molar-refractivity contribution in [1.29, 1.82) is 0 Å². The molecule has 0 radical (unpaired) electrons. The molecule has 1 fully saturated rings. The second-order valence-corrected chi connectivity index (χ2v) is 5.07. The number of ketones is 1. The van der Waals surface area contributed by atoms with Crippen molar-refractivity contribution in [2.45, 2.75) is 51.4 Å². The van der Waals surface area contributed by atoms with Gasteiger partial charge in [-0.2, -0.15) is 0 Å². The van der Waals surface area contributed by atoms with E-state index in [1.54, 1.807) is 5.57 Å². The number of Topliss-reactive ketones (excluding diaryl/α,β-unsaturated/α-hetero) is 1. The second kappa shape index (κ2) is 3.22. The molecule has 76 valence electrons. The molecule has 1 heteroatoms.